The Labute approximate surface area is 187 Å². The summed E-state index contributed by atoms with van der Waals surface area (Å²) in [5.74, 6) is 1.20. The highest BCUT2D eigenvalue weighted by Gasteiger charge is 2.24. The number of nitrogens with two attached hydrogens (primary N) is 1. The van der Waals surface area contributed by atoms with Crippen LogP contribution in [0.3, 0.4) is 0 Å². The second-order valence-corrected chi connectivity index (χ2v) is 8.66. The van der Waals surface area contributed by atoms with Crippen LogP contribution in [0.4, 0.5) is 11.4 Å². The molecule has 0 spiro atoms. The number of nitrogens with zero attached hydrogens (tertiary/aromatic N) is 3. The van der Waals surface area contributed by atoms with Gasteiger partial charge >= 0.3 is 0 Å². The van der Waals surface area contributed by atoms with E-state index in [4.69, 9.17) is 5.73 Å². The van der Waals surface area contributed by atoms with Gasteiger partial charge in [-0.3, -0.25) is 4.79 Å². The molecule has 0 bridgehead atoms. The maximum absolute atomic E-state index is 12.8. The van der Waals surface area contributed by atoms with Gasteiger partial charge in [0.05, 0.1) is 22.2 Å². The van der Waals surface area contributed by atoms with Crippen LogP contribution in [0, 0.1) is 5.92 Å². The number of aromatic amines is 2. The molecule has 2 aromatic heterocycles. The largest absolute Gasteiger partial charge is 0.397 e. The standard InChI is InChI=1S/C25H30N6O/c1-3-30(4-2)14-16-11-12-31(15-16)17-9-10-20-21(13-17)28-24(27-20)22-23(26)18-7-5-6-8-19(18)29-25(22)32/h5-10,13,16H,3-4,11-12,14-15H2,1-2H3,(H,27,28)(H3,26,29,32). The van der Waals surface area contributed by atoms with Crippen molar-refractivity contribution in [1.82, 2.24) is 19.9 Å². The van der Waals surface area contributed by atoms with Gasteiger partial charge in [0.1, 0.15) is 11.4 Å². The molecule has 7 nitrogen and oxygen atoms in total. The average Bonchev–Trinajstić information content (AvgIpc) is 3.43. The van der Waals surface area contributed by atoms with Crippen LogP contribution in [0.1, 0.15) is 20.3 Å². The minimum atomic E-state index is -0.237. The second kappa shape index (κ2) is 8.31. The van der Waals surface area contributed by atoms with Crippen molar-refractivity contribution in [2.75, 3.05) is 43.4 Å². The fourth-order valence-corrected chi connectivity index (χ4v) is 4.88. The van der Waals surface area contributed by atoms with Gasteiger partial charge in [0.25, 0.3) is 5.56 Å². The second-order valence-electron chi connectivity index (χ2n) is 8.66. The molecule has 0 aliphatic carbocycles. The summed E-state index contributed by atoms with van der Waals surface area (Å²) < 4.78 is 0. The van der Waals surface area contributed by atoms with Crippen LogP contribution in [-0.4, -0.2) is 52.6 Å². The van der Waals surface area contributed by atoms with Crippen molar-refractivity contribution >= 4 is 33.3 Å². The van der Waals surface area contributed by atoms with E-state index in [1.807, 2.05) is 30.3 Å². The molecule has 4 N–H and O–H groups in total. The molecule has 0 amide bonds. The third kappa shape index (κ3) is 3.62. The SMILES string of the molecule is CCN(CC)CC1CCN(c2ccc3nc(-c4c(N)c5ccccc5[nH]c4=O)[nH]c3c2)C1. The van der Waals surface area contributed by atoms with E-state index in [9.17, 15) is 4.79 Å². The molecule has 0 radical (unpaired) electrons. The van der Waals surface area contributed by atoms with Crippen molar-refractivity contribution in [3.05, 3.63) is 52.8 Å². The summed E-state index contributed by atoms with van der Waals surface area (Å²) in [6, 6.07) is 13.8. The number of pyridine rings is 1. The first kappa shape index (κ1) is 20.6. The molecule has 1 aliphatic heterocycles. The Bertz CT molecular complexity index is 1320. The van der Waals surface area contributed by atoms with E-state index in [-0.39, 0.29) is 5.56 Å². The fraction of sp³-hybridized carbons (Fsp3) is 0.360. The topological polar surface area (TPSA) is 94.0 Å². The van der Waals surface area contributed by atoms with Crippen molar-refractivity contribution in [2.45, 2.75) is 20.3 Å². The van der Waals surface area contributed by atoms with Crippen LogP contribution in [0.2, 0.25) is 0 Å². The maximum atomic E-state index is 12.8. The fourth-order valence-electron chi connectivity index (χ4n) is 4.88. The Morgan fingerprint density at radius 2 is 1.94 bits per heavy atom. The lowest BCUT2D eigenvalue weighted by Gasteiger charge is -2.23. The van der Waals surface area contributed by atoms with E-state index in [1.165, 1.54) is 12.1 Å². The number of H-pyrrole nitrogens is 2. The van der Waals surface area contributed by atoms with Crippen LogP contribution >= 0.6 is 0 Å². The monoisotopic (exact) mass is 430 g/mol. The van der Waals surface area contributed by atoms with Crippen molar-refractivity contribution in [3.8, 4) is 11.4 Å². The summed E-state index contributed by atoms with van der Waals surface area (Å²) in [6.07, 6.45) is 1.21. The molecular formula is C25H30N6O. The summed E-state index contributed by atoms with van der Waals surface area (Å²) in [5.41, 5.74) is 10.6. The molecule has 1 saturated heterocycles. The number of nitrogen functional groups attached to an aromatic ring is 1. The molecule has 1 aliphatic rings. The van der Waals surface area contributed by atoms with E-state index >= 15 is 0 Å². The maximum Gasteiger partial charge on any atom is 0.261 e. The Hall–Kier alpha value is -3.32. The summed E-state index contributed by atoms with van der Waals surface area (Å²) in [4.78, 5) is 28.7. The summed E-state index contributed by atoms with van der Waals surface area (Å²) in [6.45, 7) is 9.96. The van der Waals surface area contributed by atoms with Gasteiger partial charge in [-0.1, -0.05) is 32.0 Å². The highest BCUT2D eigenvalue weighted by molar-refractivity contribution is 5.97. The van der Waals surface area contributed by atoms with Crippen LogP contribution in [0.25, 0.3) is 33.3 Å². The molecule has 1 fully saturated rings. The smallest absolute Gasteiger partial charge is 0.261 e. The lowest BCUT2D eigenvalue weighted by molar-refractivity contribution is 0.261. The summed E-state index contributed by atoms with van der Waals surface area (Å²) >= 11 is 0. The molecule has 7 heteroatoms. The molecule has 2 aromatic carbocycles. The van der Waals surface area contributed by atoms with Crippen LogP contribution in [0.5, 0.6) is 0 Å². The number of fused-ring (bicyclic) bond motifs is 2. The highest BCUT2D eigenvalue weighted by atomic mass is 16.1. The highest BCUT2D eigenvalue weighted by Crippen LogP contribution is 2.31. The number of hydrogen-bond donors (Lipinski definition) is 3. The number of benzene rings is 2. The van der Waals surface area contributed by atoms with E-state index in [2.05, 4.69) is 50.7 Å². The first-order valence-corrected chi connectivity index (χ1v) is 11.4. The van der Waals surface area contributed by atoms with Gasteiger partial charge in [0, 0.05) is 30.7 Å². The summed E-state index contributed by atoms with van der Waals surface area (Å²) in [5, 5.41) is 0.819. The van der Waals surface area contributed by atoms with Crippen LogP contribution in [-0.2, 0) is 0 Å². The average molecular weight is 431 g/mol. The number of aromatic nitrogens is 3. The Balaban J connectivity index is 1.45. The van der Waals surface area contributed by atoms with E-state index < -0.39 is 0 Å². The van der Waals surface area contributed by atoms with E-state index in [0.717, 1.165) is 54.7 Å². The van der Waals surface area contributed by atoms with Gasteiger partial charge in [0.15, 0.2) is 0 Å². The van der Waals surface area contributed by atoms with Gasteiger partial charge in [-0.2, -0.15) is 0 Å². The predicted molar refractivity (Wildman–Crippen MR) is 132 cm³/mol. The van der Waals surface area contributed by atoms with Gasteiger partial charge in [0.2, 0.25) is 0 Å². The number of hydrogen-bond acceptors (Lipinski definition) is 5. The Morgan fingerprint density at radius 3 is 2.75 bits per heavy atom. The first-order chi connectivity index (χ1) is 15.6. The molecule has 1 unspecified atom stereocenters. The molecule has 5 rings (SSSR count). The van der Waals surface area contributed by atoms with Crippen molar-refractivity contribution < 1.29 is 0 Å². The minimum Gasteiger partial charge on any atom is -0.397 e. The predicted octanol–water partition coefficient (Wildman–Crippen LogP) is 3.82. The molecule has 32 heavy (non-hydrogen) atoms. The number of imidazole rings is 1. The zero-order valence-electron chi connectivity index (χ0n) is 18.7. The van der Waals surface area contributed by atoms with Crippen LogP contribution < -0.4 is 16.2 Å². The molecular weight excluding hydrogens is 400 g/mol. The molecule has 0 saturated carbocycles. The molecule has 1 atom stereocenters. The van der Waals surface area contributed by atoms with Crippen molar-refractivity contribution in [2.24, 2.45) is 5.92 Å². The molecule has 166 valence electrons. The minimum absolute atomic E-state index is 0.237. The molecule has 4 aromatic rings. The van der Waals surface area contributed by atoms with E-state index in [1.54, 1.807) is 0 Å². The lowest BCUT2D eigenvalue weighted by Crippen LogP contribution is -2.31. The Kier molecular flexibility index (Phi) is 5.35. The zero-order chi connectivity index (χ0) is 22.2. The number of nitrogens with one attached hydrogen (secondary N) is 2. The molecule has 3 heterocycles. The summed E-state index contributed by atoms with van der Waals surface area (Å²) in [7, 11) is 0. The normalized spacial score (nSPS) is 16.6. The number of rotatable bonds is 6. The third-order valence-electron chi connectivity index (χ3n) is 6.73. The van der Waals surface area contributed by atoms with Crippen molar-refractivity contribution in [1.29, 1.82) is 0 Å². The zero-order valence-corrected chi connectivity index (χ0v) is 18.7. The van der Waals surface area contributed by atoms with Gasteiger partial charge in [-0.05, 0) is 49.7 Å². The quantitative estimate of drug-likeness (QED) is 0.432. The number of para-hydroxylation sites is 1. The third-order valence-corrected chi connectivity index (χ3v) is 6.73. The van der Waals surface area contributed by atoms with E-state index in [0.29, 0.717) is 23.0 Å². The first-order valence-electron chi connectivity index (χ1n) is 11.4. The lowest BCUT2D eigenvalue weighted by atomic mass is 10.1. The number of anilines is 2. The van der Waals surface area contributed by atoms with Gasteiger partial charge < -0.3 is 25.5 Å². The van der Waals surface area contributed by atoms with Gasteiger partial charge in [-0.25, -0.2) is 4.98 Å². The van der Waals surface area contributed by atoms with Crippen LogP contribution in [0.15, 0.2) is 47.3 Å². The Morgan fingerprint density at radius 1 is 1.12 bits per heavy atom. The van der Waals surface area contributed by atoms with Gasteiger partial charge in [-0.15, -0.1) is 0 Å². The van der Waals surface area contributed by atoms with Crippen molar-refractivity contribution in [3.63, 3.8) is 0 Å².